The van der Waals surface area contributed by atoms with Crippen molar-refractivity contribution in [2.75, 3.05) is 6.54 Å². The first-order valence-electron chi connectivity index (χ1n) is 6.33. The largest absolute Gasteiger partial charge is 0.459 e. The fraction of sp³-hybridized carbons (Fsp3) is 0.133. The van der Waals surface area contributed by atoms with Gasteiger partial charge in [0.05, 0.1) is 12.8 Å². The zero-order valence-corrected chi connectivity index (χ0v) is 12.0. The van der Waals surface area contributed by atoms with Crippen molar-refractivity contribution in [1.29, 1.82) is 0 Å². The highest BCUT2D eigenvalue weighted by atomic mass is 32.1. The summed E-state index contributed by atoms with van der Waals surface area (Å²) in [6, 6.07) is 12.6. The SMILES string of the molecule is O=C(CNC(=S)NC(=O)c1ccco1)Cc1ccccc1. The number of ketones is 1. The number of carbonyl (C=O) groups is 2. The molecule has 2 N–H and O–H groups in total. The Labute approximate surface area is 127 Å². The summed E-state index contributed by atoms with van der Waals surface area (Å²) >= 11 is 4.95. The van der Waals surface area contributed by atoms with Crippen LogP contribution in [0.3, 0.4) is 0 Å². The van der Waals surface area contributed by atoms with Crippen LogP contribution in [0.2, 0.25) is 0 Å². The van der Waals surface area contributed by atoms with Crippen LogP contribution in [0.4, 0.5) is 0 Å². The van der Waals surface area contributed by atoms with Gasteiger partial charge in [-0.05, 0) is 29.9 Å². The number of Topliss-reactive ketones (excluding diaryl/α,β-unsaturated/α-hetero) is 1. The predicted octanol–water partition coefficient (Wildman–Crippen LogP) is 1.70. The van der Waals surface area contributed by atoms with Crippen LogP contribution in [0.15, 0.2) is 53.1 Å². The molecule has 0 radical (unpaired) electrons. The fourth-order valence-electron chi connectivity index (χ4n) is 1.68. The first kappa shape index (κ1) is 14.9. The number of hydrogen-bond donors (Lipinski definition) is 2. The lowest BCUT2D eigenvalue weighted by Gasteiger charge is -2.08. The molecule has 6 heteroatoms. The van der Waals surface area contributed by atoms with Crippen LogP contribution >= 0.6 is 12.2 Å². The second-order valence-corrected chi connectivity index (χ2v) is 4.72. The van der Waals surface area contributed by atoms with Crippen LogP contribution in [0.5, 0.6) is 0 Å². The van der Waals surface area contributed by atoms with Crippen molar-refractivity contribution in [2.45, 2.75) is 6.42 Å². The van der Waals surface area contributed by atoms with Crippen LogP contribution < -0.4 is 10.6 Å². The van der Waals surface area contributed by atoms with Crippen molar-refractivity contribution in [3.63, 3.8) is 0 Å². The van der Waals surface area contributed by atoms with E-state index in [2.05, 4.69) is 10.6 Å². The van der Waals surface area contributed by atoms with E-state index in [-0.39, 0.29) is 23.2 Å². The van der Waals surface area contributed by atoms with E-state index >= 15 is 0 Å². The smallest absolute Gasteiger partial charge is 0.293 e. The minimum Gasteiger partial charge on any atom is -0.459 e. The molecular weight excluding hydrogens is 288 g/mol. The second kappa shape index (κ2) is 7.35. The van der Waals surface area contributed by atoms with Gasteiger partial charge < -0.3 is 9.73 Å². The summed E-state index contributed by atoms with van der Waals surface area (Å²) in [5.74, 6) is -0.307. The van der Waals surface area contributed by atoms with Crippen LogP contribution in [0.1, 0.15) is 16.1 Å². The summed E-state index contributed by atoms with van der Waals surface area (Å²) in [4.78, 5) is 23.4. The highest BCUT2D eigenvalue weighted by molar-refractivity contribution is 7.80. The Morgan fingerprint density at radius 2 is 1.86 bits per heavy atom. The molecule has 108 valence electrons. The molecule has 2 rings (SSSR count). The van der Waals surface area contributed by atoms with E-state index < -0.39 is 5.91 Å². The molecule has 1 aromatic heterocycles. The van der Waals surface area contributed by atoms with E-state index in [1.54, 1.807) is 6.07 Å². The average Bonchev–Trinajstić information content (AvgIpc) is 3.00. The van der Waals surface area contributed by atoms with Crippen molar-refractivity contribution in [3.05, 3.63) is 60.1 Å². The number of rotatable bonds is 5. The molecule has 0 saturated carbocycles. The molecule has 1 amide bonds. The van der Waals surface area contributed by atoms with Gasteiger partial charge in [-0.2, -0.15) is 0 Å². The Kier molecular flexibility index (Phi) is 5.22. The van der Waals surface area contributed by atoms with Crippen molar-refractivity contribution in [3.8, 4) is 0 Å². The molecule has 5 nitrogen and oxygen atoms in total. The van der Waals surface area contributed by atoms with E-state index in [0.717, 1.165) is 5.56 Å². The van der Waals surface area contributed by atoms with Crippen molar-refractivity contribution >= 4 is 29.0 Å². The highest BCUT2D eigenvalue weighted by Crippen LogP contribution is 2.00. The molecule has 0 saturated heterocycles. The van der Waals surface area contributed by atoms with E-state index in [9.17, 15) is 9.59 Å². The zero-order chi connectivity index (χ0) is 15.1. The number of amides is 1. The average molecular weight is 302 g/mol. The molecule has 0 aliphatic rings. The van der Waals surface area contributed by atoms with Gasteiger partial charge in [0, 0.05) is 6.42 Å². The molecule has 0 aliphatic carbocycles. The van der Waals surface area contributed by atoms with Gasteiger partial charge in [0.15, 0.2) is 16.7 Å². The summed E-state index contributed by atoms with van der Waals surface area (Å²) in [5, 5.41) is 5.24. The van der Waals surface area contributed by atoms with Gasteiger partial charge in [0.1, 0.15) is 0 Å². The number of benzene rings is 1. The minimum absolute atomic E-state index is 0.0178. The molecule has 0 aliphatic heterocycles. The van der Waals surface area contributed by atoms with Crippen LogP contribution in [0.25, 0.3) is 0 Å². The minimum atomic E-state index is -0.451. The molecule has 0 atom stereocenters. The van der Waals surface area contributed by atoms with Crippen molar-refractivity contribution < 1.29 is 14.0 Å². The molecule has 0 bridgehead atoms. The Morgan fingerprint density at radius 3 is 2.52 bits per heavy atom. The topological polar surface area (TPSA) is 71.3 Å². The number of carbonyl (C=O) groups excluding carboxylic acids is 2. The number of furan rings is 1. The molecule has 2 aromatic rings. The zero-order valence-electron chi connectivity index (χ0n) is 11.2. The third-order valence-corrected chi connectivity index (χ3v) is 2.91. The summed E-state index contributed by atoms with van der Waals surface area (Å²) in [5.41, 5.74) is 0.940. The number of nitrogens with one attached hydrogen (secondary N) is 2. The summed E-state index contributed by atoms with van der Waals surface area (Å²) in [7, 11) is 0. The monoisotopic (exact) mass is 302 g/mol. The normalized spacial score (nSPS) is 9.90. The summed E-state index contributed by atoms with van der Waals surface area (Å²) in [6.45, 7) is 0.0617. The lowest BCUT2D eigenvalue weighted by Crippen LogP contribution is -2.41. The Hall–Kier alpha value is -2.47. The van der Waals surface area contributed by atoms with Crippen LogP contribution in [-0.4, -0.2) is 23.3 Å². The van der Waals surface area contributed by atoms with E-state index in [1.807, 2.05) is 30.3 Å². The molecule has 0 fully saturated rings. The van der Waals surface area contributed by atoms with Crippen molar-refractivity contribution in [1.82, 2.24) is 10.6 Å². The summed E-state index contributed by atoms with van der Waals surface area (Å²) < 4.78 is 4.93. The Balaban J connectivity index is 1.74. The standard InChI is InChI=1S/C15H14N2O3S/c18-12(9-11-5-2-1-3-6-11)10-16-15(21)17-14(19)13-7-4-8-20-13/h1-8H,9-10H2,(H2,16,17,19,21). The molecule has 0 spiro atoms. The highest BCUT2D eigenvalue weighted by Gasteiger charge is 2.11. The molecule has 1 heterocycles. The Morgan fingerprint density at radius 1 is 1.10 bits per heavy atom. The number of hydrogen-bond acceptors (Lipinski definition) is 4. The quantitative estimate of drug-likeness (QED) is 0.823. The molecular formula is C15H14N2O3S. The summed E-state index contributed by atoms with van der Waals surface area (Å²) in [6.07, 6.45) is 1.72. The molecule has 21 heavy (non-hydrogen) atoms. The third-order valence-electron chi connectivity index (χ3n) is 2.66. The van der Waals surface area contributed by atoms with E-state index in [4.69, 9.17) is 16.6 Å². The second-order valence-electron chi connectivity index (χ2n) is 4.32. The number of thiocarbonyl (C=S) groups is 1. The maximum absolute atomic E-state index is 11.8. The predicted molar refractivity (Wildman–Crippen MR) is 81.9 cm³/mol. The van der Waals surface area contributed by atoms with E-state index in [0.29, 0.717) is 6.42 Å². The first-order chi connectivity index (χ1) is 10.1. The lowest BCUT2D eigenvalue weighted by atomic mass is 10.1. The van der Waals surface area contributed by atoms with Crippen molar-refractivity contribution in [2.24, 2.45) is 0 Å². The van der Waals surface area contributed by atoms with Gasteiger partial charge in [-0.25, -0.2) is 0 Å². The van der Waals surface area contributed by atoms with E-state index in [1.165, 1.54) is 12.3 Å². The van der Waals surface area contributed by atoms with Crippen LogP contribution in [0, 0.1) is 0 Å². The maximum Gasteiger partial charge on any atom is 0.293 e. The van der Waals surface area contributed by atoms with Crippen LogP contribution in [-0.2, 0) is 11.2 Å². The van der Waals surface area contributed by atoms with Gasteiger partial charge in [-0.15, -0.1) is 0 Å². The van der Waals surface area contributed by atoms with Gasteiger partial charge in [-0.1, -0.05) is 30.3 Å². The van der Waals surface area contributed by atoms with Gasteiger partial charge in [0.25, 0.3) is 5.91 Å². The van der Waals surface area contributed by atoms with Gasteiger partial charge >= 0.3 is 0 Å². The van der Waals surface area contributed by atoms with Gasteiger partial charge in [0.2, 0.25) is 0 Å². The Bertz CT molecular complexity index is 624. The first-order valence-corrected chi connectivity index (χ1v) is 6.74. The maximum atomic E-state index is 11.8. The molecule has 0 unspecified atom stereocenters. The lowest BCUT2D eigenvalue weighted by molar-refractivity contribution is -0.117. The van der Waals surface area contributed by atoms with Gasteiger partial charge in [-0.3, -0.25) is 14.9 Å². The third kappa shape index (κ3) is 4.85. The fourth-order valence-corrected chi connectivity index (χ4v) is 1.85. The molecule has 1 aromatic carbocycles.